The fourth-order valence-electron chi connectivity index (χ4n) is 1.87. The highest BCUT2D eigenvalue weighted by Crippen LogP contribution is 2.19. The van der Waals surface area contributed by atoms with Gasteiger partial charge >= 0.3 is 5.97 Å². The van der Waals surface area contributed by atoms with E-state index in [0.29, 0.717) is 11.1 Å². The molecule has 0 fully saturated rings. The Morgan fingerprint density at radius 3 is 2.48 bits per heavy atom. The molecule has 0 aliphatic carbocycles. The van der Waals surface area contributed by atoms with Crippen LogP contribution in [0.3, 0.4) is 0 Å². The van der Waals surface area contributed by atoms with Crippen LogP contribution in [0.2, 0.25) is 0 Å². The van der Waals surface area contributed by atoms with Gasteiger partial charge in [-0.3, -0.25) is 0 Å². The van der Waals surface area contributed by atoms with Crippen LogP contribution in [0.15, 0.2) is 59.2 Å². The Bertz CT molecular complexity index is 767. The van der Waals surface area contributed by atoms with Gasteiger partial charge in [0.25, 0.3) is 0 Å². The van der Waals surface area contributed by atoms with Gasteiger partial charge in [0.15, 0.2) is 17.3 Å². The van der Waals surface area contributed by atoms with E-state index in [0.717, 1.165) is 12.1 Å². The first-order valence-corrected chi connectivity index (χ1v) is 6.16. The lowest BCUT2D eigenvalue weighted by atomic mass is 10.2. The minimum Gasteiger partial charge on any atom is -0.402 e. The van der Waals surface area contributed by atoms with Gasteiger partial charge in [-0.2, -0.15) is 0 Å². The molecular weight excluding hydrogens is 276 g/mol. The second-order valence-corrected chi connectivity index (χ2v) is 4.38. The summed E-state index contributed by atoms with van der Waals surface area (Å²) in [6, 6.07) is 12.3. The lowest BCUT2D eigenvalue weighted by Crippen LogP contribution is -2.04. The number of hydrogen-bond donors (Lipinski definition) is 0. The number of rotatable bonds is 2. The third-order valence-corrected chi connectivity index (χ3v) is 2.89. The van der Waals surface area contributed by atoms with Crippen molar-refractivity contribution in [3.05, 3.63) is 77.0 Å². The van der Waals surface area contributed by atoms with Gasteiger partial charge in [-0.25, -0.2) is 18.6 Å². The van der Waals surface area contributed by atoms with Gasteiger partial charge in [-0.15, -0.1) is 0 Å². The van der Waals surface area contributed by atoms with Crippen LogP contribution in [-0.2, 0) is 9.53 Å². The first-order valence-electron chi connectivity index (χ1n) is 6.16. The van der Waals surface area contributed by atoms with Gasteiger partial charge in [-0.1, -0.05) is 24.3 Å². The van der Waals surface area contributed by atoms with Crippen molar-refractivity contribution in [1.29, 1.82) is 0 Å². The topological polar surface area (TPSA) is 38.7 Å². The Labute approximate surface area is 119 Å². The largest absolute Gasteiger partial charge is 0.402 e. The molecule has 0 spiro atoms. The van der Waals surface area contributed by atoms with Gasteiger partial charge in [0.1, 0.15) is 0 Å². The summed E-state index contributed by atoms with van der Waals surface area (Å²) in [4.78, 5) is 15.8. The second kappa shape index (κ2) is 5.28. The van der Waals surface area contributed by atoms with Crippen LogP contribution in [0.25, 0.3) is 6.08 Å². The van der Waals surface area contributed by atoms with Crippen molar-refractivity contribution < 1.29 is 18.3 Å². The Morgan fingerprint density at radius 1 is 1.00 bits per heavy atom. The molecule has 0 amide bonds. The maximum Gasteiger partial charge on any atom is 0.363 e. The summed E-state index contributed by atoms with van der Waals surface area (Å²) < 4.78 is 31.1. The van der Waals surface area contributed by atoms with E-state index >= 15 is 0 Å². The maximum absolute atomic E-state index is 13.1. The standard InChI is InChI=1S/C16H9F2NO2/c17-12-7-6-10(8-13(12)18)9-14-16(20)21-15(19-14)11-4-2-1-3-5-11/h1-9H/b14-9-. The van der Waals surface area contributed by atoms with Crippen molar-refractivity contribution in [3.8, 4) is 0 Å². The van der Waals surface area contributed by atoms with Crippen molar-refractivity contribution in [2.75, 3.05) is 0 Å². The molecule has 0 unspecified atom stereocenters. The fraction of sp³-hybridized carbons (Fsp3) is 0. The van der Waals surface area contributed by atoms with E-state index in [2.05, 4.69) is 4.99 Å². The minimum absolute atomic E-state index is 0.0415. The number of cyclic esters (lactones) is 1. The van der Waals surface area contributed by atoms with Gasteiger partial charge in [0.2, 0.25) is 5.90 Å². The number of benzene rings is 2. The van der Waals surface area contributed by atoms with E-state index in [4.69, 9.17) is 4.74 Å². The van der Waals surface area contributed by atoms with Gasteiger partial charge in [-0.05, 0) is 35.9 Å². The predicted molar refractivity (Wildman–Crippen MR) is 73.4 cm³/mol. The van der Waals surface area contributed by atoms with Crippen molar-refractivity contribution in [2.24, 2.45) is 4.99 Å². The second-order valence-electron chi connectivity index (χ2n) is 4.38. The third-order valence-electron chi connectivity index (χ3n) is 2.89. The summed E-state index contributed by atoms with van der Waals surface area (Å²) in [7, 11) is 0. The molecule has 104 valence electrons. The van der Waals surface area contributed by atoms with Crippen LogP contribution in [0.5, 0.6) is 0 Å². The van der Waals surface area contributed by atoms with E-state index < -0.39 is 17.6 Å². The number of nitrogens with zero attached hydrogens (tertiary/aromatic N) is 1. The smallest absolute Gasteiger partial charge is 0.363 e. The van der Waals surface area contributed by atoms with Crippen LogP contribution < -0.4 is 0 Å². The van der Waals surface area contributed by atoms with Gasteiger partial charge in [0, 0.05) is 5.56 Å². The number of esters is 1. The Morgan fingerprint density at radius 2 is 1.76 bits per heavy atom. The first-order chi connectivity index (χ1) is 10.1. The monoisotopic (exact) mass is 285 g/mol. The summed E-state index contributed by atoms with van der Waals surface area (Å²) in [5.74, 6) is -2.37. The van der Waals surface area contributed by atoms with Crippen LogP contribution in [0, 0.1) is 11.6 Å². The van der Waals surface area contributed by atoms with E-state index in [1.54, 1.807) is 24.3 Å². The Kier molecular flexibility index (Phi) is 3.31. The van der Waals surface area contributed by atoms with E-state index in [1.807, 2.05) is 6.07 Å². The Hall–Kier alpha value is -2.82. The van der Waals surface area contributed by atoms with Gasteiger partial charge in [0.05, 0.1) is 0 Å². The molecule has 0 saturated carbocycles. The molecule has 0 aromatic heterocycles. The predicted octanol–water partition coefficient (Wildman–Crippen LogP) is 3.31. The average molecular weight is 285 g/mol. The first kappa shape index (κ1) is 13.2. The molecule has 2 aromatic carbocycles. The molecule has 21 heavy (non-hydrogen) atoms. The molecule has 5 heteroatoms. The molecule has 1 aliphatic rings. The van der Waals surface area contributed by atoms with E-state index in [-0.39, 0.29) is 11.6 Å². The minimum atomic E-state index is -0.983. The number of aliphatic imine (C=N–C) groups is 1. The summed E-state index contributed by atoms with van der Waals surface area (Å²) >= 11 is 0. The number of carbonyl (C=O) groups is 1. The lowest BCUT2D eigenvalue weighted by molar-refractivity contribution is -0.129. The van der Waals surface area contributed by atoms with Gasteiger partial charge < -0.3 is 4.74 Å². The SMILES string of the molecule is O=C1OC(c2ccccc2)=N/C1=C\c1ccc(F)c(F)c1. The van der Waals surface area contributed by atoms with Crippen molar-refractivity contribution in [2.45, 2.75) is 0 Å². The molecule has 0 atom stereocenters. The zero-order chi connectivity index (χ0) is 14.8. The lowest BCUT2D eigenvalue weighted by Gasteiger charge is -1.97. The molecule has 2 aromatic rings. The molecule has 3 nitrogen and oxygen atoms in total. The highest BCUT2D eigenvalue weighted by atomic mass is 19.2. The molecule has 1 heterocycles. The number of ether oxygens (including phenoxy) is 1. The Balaban J connectivity index is 1.95. The molecule has 0 radical (unpaired) electrons. The van der Waals surface area contributed by atoms with Crippen LogP contribution >= 0.6 is 0 Å². The van der Waals surface area contributed by atoms with Crippen molar-refractivity contribution >= 4 is 17.9 Å². The fourth-order valence-corrected chi connectivity index (χ4v) is 1.87. The van der Waals surface area contributed by atoms with Crippen molar-refractivity contribution in [3.63, 3.8) is 0 Å². The quantitative estimate of drug-likeness (QED) is 0.627. The normalized spacial score (nSPS) is 16.0. The highest BCUT2D eigenvalue weighted by Gasteiger charge is 2.23. The molecular formula is C16H9F2NO2. The maximum atomic E-state index is 13.1. The highest BCUT2D eigenvalue weighted by molar-refractivity contribution is 6.12. The zero-order valence-corrected chi connectivity index (χ0v) is 10.7. The zero-order valence-electron chi connectivity index (χ0n) is 10.7. The molecule has 0 bridgehead atoms. The molecule has 1 aliphatic heterocycles. The summed E-state index contributed by atoms with van der Waals surface area (Å²) in [6.45, 7) is 0. The van der Waals surface area contributed by atoms with Crippen LogP contribution in [0.1, 0.15) is 11.1 Å². The summed E-state index contributed by atoms with van der Waals surface area (Å²) in [5.41, 5.74) is 1.04. The number of halogens is 2. The van der Waals surface area contributed by atoms with Crippen LogP contribution in [-0.4, -0.2) is 11.9 Å². The number of hydrogen-bond acceptors (Lipinski definition) is 3. The average Bonchev–Trinajstić information content (AvgIpc) is 2.85. The molecule has 0 saturated heterocycles. The third kappa shape index (κ3) is 2.72. The van der Waals surface area contributed by atoms with Crippen LogP contribution in [0.4, 0.5) is 8.78 Å². The molecule has 0 N–H and O–H groups in total. The van der Waals surface area contributed by atoms with Crippen molar-refractivity contribution in [1.82, 2.24) is 0 Å². The summed E-state index contributed by atoms with van der Waals surface area (Å²) in [5, 5.41) is 0. The van der Waals surface area contributed by atoms with E-state index in [1.165, 1.54) is 12.1 Å². The molecule has 3 rings (SSSR count). The summed E-state index contributed by atoms with van der Waals surface area (Å²) in [6.07, 6.45) is 1.35. The number of carbonyl (C=O) groups excluding carboxylic acids is 1. The van der Waals surface area contributed by atoms with E-state index in [9.17, 15) is 13.6 Å².